The second-order valence-corrected chi connectivity index (χ2v) is 6.19. The molecule has 0 atom stereocenters. The highest BCUT2D eigenvalue weighted by Gasteiger charge is 2.19. The van der Waals surface area contributed by atoms with Crippen LogP contribution < -0.4 is 10.2 Å². The van der Waals surface area contributed by atoms with Gasteiger partial charge in [-0.05, 0) is 43.2 Å². The van der Waals surface area contributed by atoms with Crippen LogP contribution in [0.3, 0.4) is 0 Å². The van der Waals surface area contributed by atoms with Crippen molar-refractivity contribution >= 4 is 40.5 Å². The number of fused-ring (bicyclic) bond motifs is 1. The third kappa shape index (κ3) is 3.14. The van der Waals surface area contributed by atoms with Crippen LogP contribution in [0.5, 0.6) is 0 Å². The fourth-order valence-electron chi connectivity index (χ4n) is 2.75. The Morgan fingerprint density at radius 2 is 2.04 bits per heavy atom. The first-order valence-corrected chi connectivity index (χ1v) is 8.09. The third-order valence-electron chi connectivity index (χ3n) is 3.97. The van der Waals surface area contributed by atoms with Gasteiger partial charge in [-0.25, -0.2) is 4.39 Å². The molecule has 1 heterocycles. The minimum Gasteiger partial charge on any atom is -0.371 e. The van der Waals surface area contributed by atoms with Gasteiger partial charge in [-0.15, -0.1) is 0 Å². The highest BCUT2D eigenvalue weighted by Crippen LogP contribution is 2.31. The molecule has 1 amide bonds. The van der Waals surface area contributed by atoms with Crippen molar-refractivity contribution in [1.29, 1.82) is 0 Å². The van der Waals surface area contributed by atoms with E-state index in [0.29, 0.717) is 5.69 Å². The number of anilines is 2. The summed E-state index contributed by atoms with van der Waals surface area (Å²) in [5, 5.41) is 2.77. The van der Waals surface area contributed by atoms with Crippen LogP contribution in [-0.4, -0.2) is 19.0 Å². The number of hydrogen-bond acceptors (Lipinski definition) is 2. The molecular weight excluding hydrogens is 338 g/mol. The van der Waals surface area contributed by atoms with E-state index >= 15 is 0 Å². The Kier molecular flexibility index (Phi) is 4.46. The van der Waals surface area contributed by atoms with E-state index in [-0.39, 0.29) is 15.6 Å². The standard InChI is InChI=1S/C17H15Cl2FN2O/c1-2-22-6-5-10-3-4-11(7-16(10)22)21-17(23)12-8-15(20)14(19)9-13(12)18/h3-4,7-9H,2,5-6H2,1H3,(H,21,23). The maximum absolute atomic E-state index is 13.6. The Balaban J connectivity index is 1.85. The van der Waals surface area contributed by atoms with Crippen LogP contribution in [0.1, 0.15) is 22.8 Å². The van der Waals surface area contributed by atoms with E-state index in [1.54, 1.807) is 0 Å². The first kappa shape index (κ1) is 16.1. The lowest BCUT2D eigenvalue weighted by atomic mass is 10.1. The number of halogens is 3. The first-order valence-electron chi connectivity index (χ1n) is 7.33. The molecule has 6 heteroatoms. The topological polar surface area (TPSA) is 32.3 Å². The number of hydrogen-bond donors (Lipinski definition) is 1. The summed E-state index contributed by atoms with van der Waals surface area (Å²) in [5.74, 6) is -1.14. The second-order valence-electron chi connectivity index (χ2n) is 5.37. The molecule has 1 N–H and O–H groups in total. The van der Waals surface area contributed by atoms with Gasteiger partial charge in [0.25, 0.3) is 5.91 Å². The Morgan fingerprint density at radius 3 is 2.78 bits per heavy atom. The Labute approximate surface area is 144 Å². The van der Waals surface area contributed by atoms with E-state index in [0.717, 1.165) is 31.3 Å². The number of nitrogens with one attached hydrogen (secondary N) is 1. The lowest BCUT2D eigenvalue weighted by Crippen LogP contribution is -2.19. The predicted octanol–water partition coefficient (Wildman–Crippen LogP) is 4.77. The van der Waals surface area contributed by atoms with Gasteiger partial charge in [0.15, 0.2) is 0 Å². The van der Waals surface area contributed by atoms with E-state index in [1.165, 1.54) is 11.6 Å². The maximum Gasteiger partial charge on any atom is 0.257 e. The van der Waals surface area contributed by atoms with Gasteiger partial charge >= 0.3 is 0 Å². The zero-order valence-electron chi connectivity index (χ0n) is 12.5. The molecule has 0 spiro atoms. The number of carbonyl (C=O) groups is 1. The van der Waals surface area contributed by atoms with Gasteiger partial charge in [0.05, 0.1) is 15.6 Å². The van der Waals surface area contributed by atoms with Gasteiger partial charge in [0, 0.05) is 24.5 Å². The van der Waals surface area contributed by atoms with Crippen molar-refractivity contribution in [2.24, 2.45) is 0 Å². The van der Waals surface area contributed by atoms with E-state index in [4.69, 9.17) is 23.2 Å². The minimum atomic E-state index is -0.674. The summed E-state index contributed by atoms with van der Waals surface area (Å²) in [6.45, 7) is 3.99. The normalized spacial score (nSPS) is 13.1. The molecule has 0 saturated heterocycles. The third-order valence-corrected chi connectivity index (χ3v) is 4.57. The molecular formula is C17H15Cl2FN2O. The number of carbonyl (C=O) groups excluding carboxylic acids is 1. The van der Waals surface area contributed by atoms with Crippen molar-refractivity contribution in [3.05, 3.63) is 57.3 Å². The Morgan fingerprint density at radius 1 is 1.26 bits per heavy atom. The zero-order chi connectivity index (χ0) is 16.6. The summed E-state index contributed by atoms with van der Waals surface area (Å²) in [5.41, 5.74) is 3.10. The number of rotatable bonds is 3. The molecule has 3 nitrogen and oxygen atoms in total. The molecule has 2 aromatic carbocycles. The largest absolute Gasteiger partial charge is 0.371 e. The molecule has 0 unspecified atom stereocenters. The minimum absolute atomic E-state index is 0.0569. The molecule has 0 bridgehead atoms. The number of nitrogens with zero attached hydrogens (tertiary/aromatic N) is 1. The van der Waals surface area contributed by atoms with Crippen molar-refractivity contribution < 1.29 is 9.18 Å². The molecule has 120 valence electrons. The molecule has 0 aromatic heterocycles. The SMILES string of the molecule is CCN1CCc2ccc(NC(=O)c3cc(F)c(Cl)cc3Cl)cc21. The van der Waals surface area contributed by atoms with Crippen LogP contribution in [-0.2, 0) is 6.42 Å². The molecule has 0 fully saturated rings. The molecule has 2 aromatic rings. The fourth-order valence-corrected chi connectivity index (χ4v) is 3.22. The van der Waals surface area contributed by atoms with Crippen molar-refractivity contribution in [3.8, 4) is 0 Å². The Bertz CT molecular complexity index is 779. The lowest BCUT2D eigenvalue weighted by molar-refractivity contribution is 0.102. The number of likely N-dealkylation sites (N-methyl/N-ethyl adjacent to an activating group) is 1. The molecule has 0 saturated carbocycles. The molecule has 1 aliphatic rings. The summed E-state index contributed by atoms with van der Waals surface area (Å²) >= 11 is 11.6. The quantitative estimate of drug-likeness (QED) is 0.807. The highest BCUT2D eigenvalue weighted by atomic mass is 35.5. The van der Waals surface area contributed by atoms with Crippen molar-refractivity contribution in [3.63, 3.8) is 0 Å². The summed E-state index contributed by atoms with van der Waals surface area (Å²) in [6.07, 6.45) is 1.01. The van der Waals surface area contributed by atoms with Gasteiger partial charge < -0.3 is 10.2 Å². The number of amides is 1. The van der Waals surface area contributed by atoms with Crippen LogP contribution >= 0.6 is 23.2 Å². The van der Waals surface area contributed by atoms with Gasteiger partial charge in [0.2, 0.25) is 0 Å². The smallest absolute Gasteiger partial charge is 0.257 e. The van der Waals surface area contributed by atoms with Crippen molar-refractivity contribution in [2.75, 3.05) is 23.3 Å². The molecule has 0 radical (unpaired) electrons. The monoisotopic (exact) mass is 352 g/mol. The summed E-state index contributed by atoms with van der Waals surface area (Å²) in [6, 6.07) is 8.06. The zero-order valence-corrected chi connectivity index (χ0v) is 14.0. The van der Waals surface area contributed by atoms with E-state index in [1.807, 2.05) is 18.2 Å². The van der Waals surface area contributed by atoms with Gasteiger partial charge in [-0.3, -0.25) is 4.79 Å². The van der Waals surface area contributed by atoms with Gasteiger partial charge in [-0.2, -0.15) is 0 Å². The summed E-state index contributed by atoms with van der Waals surface area (Å²) in [4.78, 5) is 14.6. The fraction of sp³-hybridized carbons (Fsp3) is 0.235. The van der Waals surface area contributed by atoms with Crippen molar-refractivity contribution in [2.45, 2.75) is 13.3 Å². The molecule has 23 heavy (non-hydrogen) atoms. The van der Waals surface area contributed by atoms with E-state index in [9.17, 15) is 9.18 Å². The molecule has 3 rings (SSSR count). The lowest BCUT2D eigenvalue weighted by Gasteiger charge is -2.17. The van der Waals surface area contributed by atoms with Crippen molar-refractivity contribution in [1.82, 2.24) is 0 Å². The van der Waals surface area contributed by atoms with Gasteiger partial charge in [0.1, 0.15) is 5.82 Å². The van der Waals surface area contributed by atoms with E-state index < -0.39 is 11.7 Å². The van der Waals surface area contributed by atoms with Crippen LogP contribution in [0.2, 0.25) is 10.0 Å². The average Bonchev–Trinajstić information content (AvgIpc) is 2.93. The van der Waals surface area contributed by atoms with Crippen LogP contribution in [0, 0.1) is 5.82 Å². The molecule has 0 aliphatic carbocycles. The summed E-state index contributed by atoms with van der Waals surface area (Å²) in [7, 11) is 0. The Hall–Kier alpha value is -1.78. The second kappa shape index (κ2) is 6.38. The first-order chi connectivity index (χ1) is 11.0. The average molecular weight is 353 g/mol. The van der Waals surface area contributed by atoms with E-state index in [2.05, 4.69) is 17.1 Å². The van der Waals surface area contributed by atoms with Gasteiger partial charge in [-0.1, -0.05) is 29.3 Å². The van der Waals surface area contributed by atoms with Crippen LogP contribution in [0.4, 0.5) is 15.8 Å². The van der Waals surface area contributed by atoms with Crippen LogP contribution in [0.25, 0.3) is 0 Å². The number of benzene rings is 2. The molecule has 1 aliphatic heterocycles. The highest BCUT2D eigenvalue weighted by molar-refractivity contribution is 6.37. The summed E-state index contributed by atoms with van der Waals surface area (Å²) < 4.78 is 13.6. The predicted molar refractivity (Wildman–Crippen MR) is 92.4 cm³/mol. The van der Waals surface area contributed by atoms with Crippen LogP contribution in [0.15, 0.2) is 30.3 Å². The maximum atomic E-state index is 13.6.